The lowest BCUT2D eigenvalue weighted by Gasteiger charge is -2.09. The van der Waals surface area contributed by atoms with Crippen molar-refractivity contribution in [2.45, 2.75) is 6.42 Å². The molecule has 0 bridgehead atoms. The Bertz CT molecular complexity index is 993. The van der Waals surface area contributed by atoms with Crippen molar-refractivity contribution in [1.82, 2.24) is 4.98 Å². The Morgan fingerprint density at radius 3 is 2.56 bits per heavy atom. The van der Waals surface area contributed by atoms with E-state index in [2.05, 4.69) is 16.4 Å². The van der Waals surface area contributed by atoms with E-state index in [-0.39, 0.29) is 12.3 Å². The summed E-state index contributed by atoms with van der Waals surface area (Å²) in [4.78, 5) is 17.3. The maximum absolute atomic E-state index is 12.5. The lowest BCUT2D eigenvalue weighted by Crippen LogP contribution is -2.14. The van der Waals surface area contributed by atoms with Crippen LogP contribution >= 0.6 is 11.3 Å². The van der Waals surface area contributed by atoms with Crippen LogP contribution in [0.4, 0.5) is 5.00 Å². The molecule has 0 radical (unpaired) electrons. The lowest BCUT2D eigenvalue weighted by atomic mass is 10.1. The molecular weight excluding hydrogens is 362 g/mol. The van der Waals surface area contributed by atoms with E-state index in [1.165, 1.54) is 11.3 Å². The first kappa shape index (κ1) is 18.4. The second-order valence-corrected chi connectivity index (χ2v) is 6.67. The van der Waals surface area contributed by atoms with Crippen LogP contribution in [-0.4, -0.2) is 25.1 Å². The van der Waals surface area contributed by atoms with Gasteiger partial charge >= 0.3 is 0 Å². The number of nitrogens with one attached hydrogen (secondary N) is 1. The van der Waals surface area contributed by atoms with Crippen molar-refractivity contribution in [3.05, 3.63) is 59.9 Å². The fourth-order valence-corrected chi connectivity index (χ4v) is 3.60. The summed E-state index contributed by atoms with van der Waals surface area (Å²) in [5, 5.41) is 12.7. The quantitative estimate of drug-likeness (QED) is 0.703. The van der Waals surface area contributed by atoms with Crippen molar-refractivity contribution in [3.8, 4) is 28.0 Å². The highest BCUT2D eigenvalue weighted by Crippen LogP contribution is 2.35. The molecule has 0 saturated heterocycles. The average molecular weight is 379 g/mol. The third-order valence-electron chi connectivity index (χ3n) is 3.88. The molecule has 136 valence electrons. The van der Waals surface area contributed by atoms with Gasteiger partial charge in [0.05, 0.1) is 26.2 Å². The third kappa shape index (κ3) is 4.25. The van der Waals surface area contributed by atoms with Crippen molar-refractivity contribution in [1.29, 1.82) is 5.26 Å². The monoisotopic (exact) mass is 379 g/mol. The number of benzene rings is 1. The second-order valence-electron chi connectivity index (χ2n) is 5.62. The molecule has 2 aromatic heterocycles. The molecule has 0 aliphatic carbocycles. The molecule has 6 nitrogen and oxygen atoms in total. The van der Waals surface area contributed by atoms with Gasteiger partial charge in [0.15, 0.2) is 11.5 Å². The molecule has 7 heteroatoms. The van der Waals surface area contributed by atoms with Crippen LogP contribution in [0.25, 0.3) is 10.4 Å². The number of hydrogen-bond donors (Lipinski definition) is 1. The largest absolute Gasteiger partial charge is 0.493 e. The predicted molar refractivity (Wildman–Crippen MR) is 104 cm³/mol. The highest BCUT2D eigenvalue weighted by Gasteiger charge is 2.14. The molecule has 0 spiro atoms. The number of hydrogen-bond acceptors (Lipinski definition) is 6. The number of nitrogens with zero attached hydrogens (tertiary/aromatic N) is 2. The zero-order valence-electron chi connectivity index (χ0n) is 14.9. The second kappa shape index (κ2) is 8.34. The molecule has 2 heterocycles. The molecule has 0 saturated carbocycles. The summed E-state index contributed by atoms with van der Waals surface area (Å²) in [6.07, 6.45) is 3.54. The van der Waals surface area contributed by atoms with E-state index in [9.17, 15) is 10.1 Å². The number of carbonyl (C=O) groups excluding carboxylic acids is 1. The minimum absolute atomic E-state index is 0.160. The Labute approximate surface area is 161 Å². The average Bonchev–Trinajstić information content (AvgIpc) is 3.11. The van der Waals surface area contributed by atoms with E-state index in [1.54, 1.807) is 44.8 Å². The number of aromatic nitrogens is 1. The number of carbonyl (C=O) groups is 1. The molecule has 1 aromatic carbocycles. The van der Waals surface area contributed by atoms with Gasteiger partial charge in [-0.15, -0.1) is 11.3 Å². The van der Waals surface area contributed by atoms with E-state index in [0.29, 0.717) is 22.1 Å². The van der Waals surface area contributed by atoms with Crippen molar-refractivity contribution in [2.24, 2.45) is 0 Å². The van der Waals surface area contributed by atoms with Crippen LogP contribution in [0.2, 0.25) is 0 Å². The van der Waals surface area contributed by atoms with Gasteiger partial charge in [0, 0.05) is 17.3 Å². The van der Waals surface area contributed by atoms with Gasteiger partial charge in [-0.3, -0.25) is 9.78 Å². The van der Waals surface area contributed by atoms with Crippen molar-refractivity contribution >= 4 is 22.2 Å². The van der Waals surface area contributed by atoms with Crippen LogP contribution in [0.1, 0.15) is 11.1 Å². The van der Waals surface area contributed by atoms with Crippen molar-refractivity contribution in [2.75, 3.05) is 19.5 Å². The van der Waals surface area contributed by atoms with Gasteiger partial charge in [0.2, 0.25) is 5.91 Å². The summed E-state index contributed by atoms with van der Waals surface area (Å²) < 4.78 is 10.5. The topological polar surface area (TPSA) is 84.2 Å². The molecule has 0 unspecified atom stereocenters. The Balaban J connectivity index is 1.76. The normalized spacial score (nSPS) is 10.1. The lowest BCUT2D eigenvalue weighted by molar-refractivity contribution is -0.115. The number of nitriles is 1. The standard InChI is InChI=1S/C20H17N3O3S/c1-25-16-4-3-13(9-17(16)26-2)10-19(24)23-20-15(12-21)11-18(27-20)14-5-7-22-8-6-14/h3-9,11H,10H2,1-2H3,(H,23,24). The molecule has 3 aromatic rings. The first-order valence-electron chi connectivity index (χ1n) is 8.09. The number of amides is 1. The molecule has 27 heavy (non-hydrogen) atoms. The number of ether oxygens (including phenoxy) is 2. The van der Waals surface area contributed by atoms with Gasteiger partial charge in [-0.1, -0.05) is 6.07 Å². The SMILES string of the molecule is COc1ccc(CC(=O)Nc2sc(-c3ccncc3)cc2C#N)cc1OC. The molecule has 3 rings (SSSR count). The number of methoxy groups -OCH3 is 2. The summed E-state index contributed by atoms with van der Waals surface area (Å²) in [7, 11) is 3.11. The molecule has 0 aliphatic rings. The fraction of sp³-hybridized carbons (Fsp3) is 0.150. The zero-order chi connectivity index (χ0) is 19.2. The summed E-state index contributed by atoms with van der Waals surface area (Å²) in [5.74, 6) is 0.965. The van der Waals surface area contributed by atoms with Gasteiger partial charge in [0.1, 0.15) is 11.1 Å². The van der Waals surface area contributed by atoms with Crippen LogP contribution in [0.5, 0.6) is 11.5 Å². The van der Waals surface area contributed by atoms with Crippen LogP contribution in [0.3, 0.4) is 0 Å². The molecular formula is C20H17N3O3S. The molecule has 0 aliphatic heterocycles. The highest BCUT2D eigenvalue weighted by atomic mass is 32.1. The highest BCUT2D eigenvalue weighted by molar-refractivity contribution is 7.19. The van der Waals surface area contributed by atoms with Gasteiger partial charge in [0.25, 0.3) is 0 Å². The van der Waals surface area contributed by atoms with Crippen LogP contribution < -0.4 is 14.8 Å². The number of rotatable bonds is 6. The number of anilines is 1. The first-order chi connectivity index (χ1) is 13.1. The van der Waals surface area contributed by atoms with Crippen molar-refractivity contribution < 1.29 is 14.3 Å². The summed E-state index contributed by atoms with van der Waals surface area (Å²) in [5.41, 5.74) is 2.17. The maximum Gasteiger partial charge on any atom is 0.229 e. The van der Waals surface area contributed by atoms with E-state index in [1.807, 2.05) is 18.2 Å². The van der Waals surface area contributed by atoms with Gasteiger partial charge < -0.3 is 14.8 Å². The van der Waals surface area contributed by atoms with E-state index < -0.39 is 0 Å². The molecule has 0 fully saturated rings. The van der Waals surface area contributed by atoms with E-state index in [4.69, 9.17) is 9.47 Å². The number of thiophene rings is 1. The van der Waals surface area contributed by atoms with Crippen LogP contribution in [0, 0.1) is 11.3 Å². The fourth-order valence-electron chi connectivity index (χ4n) is 2.57. The maximum atomic E-state index is 12.5. The molecule has 1 amide bonds. The Hall–Kier alpha value is -3.37. The number of pyridine rings is 1. The van der Waals surface area contributed by atoms with Gasteiger partial charge in [-0.25, -0.2) is 0 Å². The molecule has 0 atom stereocenters. The van der Waals surface area contributed by atoms with Gasteiger partial charge in [-0.2, -0.15) is 5.26 Å². The Morgan fingerprint density at radius 1 is 1.15 bits per heavy atom. The van der Waals surface area contributed by atoms with Crippen LogP contribution in [-0.2, 0) is 11.2 Å². The van der Waals surface area contributed by atoms with Gasteiger partial charge in [-0.05, 0) is 41.5 Å². The molecule has 1 N–H and O–H groups in total. The summed E-state index contributed by atoms with van der Waals surface area (Å²) in [6.45, 7) is 0. The Kier molecular flexibility index (Phi) is 5.69. The van der Waals surface area contributed by atoms with E-state index in [0.717, 1.165) is 16.0 Å². The first-order valence-corrected chi connectivity index (χ1v) is 8.91. The summed E-state index contributed by atoms with van der Waals surface area (Å²) in [6, 6.07) is 13.0. The Morgan fingerprint density at radius 2 is 1.89 bits per heavy atom. The minimum Gasteiger partial charge on any atom is -0.493 e. The van der Waals surface area contributed by atoms with Crippen molar-refractivity contribution in [3.63, 3.8) is 0 Å². The summed E-state index contributed by atoms with van der Waals surface area (Å²) >= 11 is 1.36. The van der Waals surface area contributed by atoms with E-state index >= 15 is 0 Å². The third-order valence-corrected chi connectivity index (χ3v) is 4.98. The minimum atomic E-state index is -0.207. The zero-order valence-corrected chi connectivity index (χ0v) is 15.7. The van der Waals surface area contributed by atoms with Crippen LogP contribution in [0.15, 0.2) is 48.8 Å². The predicted octanol–water partition coefficient (Wildman–Crippen LogP) is 3.88. The smallest absolute Gasteiger partial charge is 0.229 e.